The topological polar surface area (TPSA) is 74.8 Å². The van der Waals surface area contributed by atoms with Crippen LogP contribution < -0.4 is 0 Å². The molecule has 0 aromatic heterocycles. The second-order valence-corrected chi connectivity index (χ2v) is 9.31. The van der Waals surface area contributed by atoms with Gasteiger partial charge in [0.2, 0.25) is 0 Å². The average molecular weight is 467 g/mol. The molecule has 3 amide bonds. The maximum atomic E-state index is 13.8. The van der Waals surface area contributed by atoms with Crippen LogP contribution in [0.2, 0.25) is 5.02 Å². The van der Waals surface area contributed by atoms with Gasteiger partial charge in [-0.2, -0.15) is 5.01 Å². The van der Waals surface area contributed by atoms with E-state index in [0.29, 0.717) is 24.3 Å². The van der Waals surface area contributed by atoms with Gasteiger partial charge in [-0.05, 0) is 43.7 Å². The van der Waals surface area contributed by atoms with Crippen LogP contribution in [0.5, 0.6) is 0 Å². The van der Waals surface area contributed by atoms with Gasteiger partial charge in [0.15, 0.2) is 5.78 Å². The van der Waals surface area contributed by atoms with Gasteiger partial charge in [0.1, 0.15) is 6.04 Å². The van der Waals surface area contributed by atoms with Crippen molar-refractivity contribution in [1.29, 1.82) is 0 Å². The summed E-state index contributed by atoms with van der Waals surface area (Å²) in [4.78, 5) is 54.3. The molecule has 33 heavy (non-hydrogen) atoms. The lowest BCUT2D eigenvalue weighted by atomic mass is 9.76. The van der Waals surface area contributed by atoms with E-state index in [2.05, 4.69) is 6.92 Å². The zero-order valence-corrected chi connectivity index (χ0v) is 19.5. The minimum absolute atomic E-state index is 0.141. The van der Waals surface area contributed by atoms with E-state index in [1.54, 1.807) is 55.5 Å². The molecular weight excluding hydrogens is 440 g/mol. The van der Waals surface area contributed by atoms with Crippen LogP contribution in [-0.2, 0) is 9.59 Å². The van der Waals surface area contributed by atoms with Gasteiger partial charge in [-0.25, -0.2) is 5.01 Å². The van der Waals surface area contributed by atoms with Crippen molar-refractivity contribution in [1.82, 2.24) is 10.0 Å². The number of benzene rings is 2. The van der Waals surface area contributed by atoms with Gasteiger partial charge >= 0.3 is 0 Å². The van der Waals surface area contributed by atoms with Gasteiger partial charge < -0.3 is 0 Å². The minimum Gasteiger partial charge on any atom is -0.292 e. The van der Waals surface area contributed by atoms with E-state index in [1.165, 1.54) is 6.07 Å². The number of nitrogens with zero attached hydrogens (tertiary/aromatic N) is 2. The molecule has 0 N–H and O–H groups in total. The first-order valence-electron chi connectivity index (χ1n) is 11.4. The molecule has 1 saturated heterocycles. The number of fused-ring (bicyclic) bond motifs is 1. The number of carbonyl (C=O) groups is 4. The zero-order chi connectivity index (χ0) is 23.7. The van der Waals surface area contributed by atoms with Crippen molar-refractivity contribution in [2.75, 3.05) is 0 Å². The molecule has 1 heterocycles. The quantitative estimate of drug-likeness (QED) is 0.453. The fraction of sp³-hybridized carbons (Fsp3) is 0.385. The first-order valence-corrected chi connectivity index (χ1v) is 11.8. The Bertz CT molecular complexity index is 1090. The third-order valence-electron chi connectivity index (χ3n) is 6.74. The summed E-state index contributed by atoms with van der Waals surface area (Å²) in [5, 5.41) is 2.22. The van der Waals surface area contributed by atoms with Crippen molar-refractivity contribution in [2.24, 2.45) is 17.8 Å². The van der Waals surface area contributed by atoms with Gasteiger partial charge in [0, 0.05) is 5.56 Å². The van der Waals surface area contributed by atoms with Crippen LogP contribution in [0.1, 0.15) is 60.2 Å². The Morgan fingerprint density at radius 1 is 1.00 bits per heavy atom. The van der Waals surface area contributed by atoms with Crippen molar-refractivity contribution in [2.45, 2.75) is 45.6 Å². The zero-order valence-electron chi connectivity index (χ0n) is 18.7. The van der Waals surface area contributed by atoms with E-state index in [1.807, 2.05) is 0 Å². The monoisotopic (exact) mass is 466 g/mol. The molecule has 1 saturated carbocycles. The molecule has 2 aromatic rings. The summed E-state index contributed by atoms with van der Waals surface area (Å²) in [5.41, 5.74) is 0.550. The number of hydrazine groups is 1. The lowest BCUT2D eigenvalue weighted by molar-refractivity contribution is -0.156. The van der Waals surface area contributed by atoms with Gasteiger partial charge in [-0.15, -0.1) is 0 Å². The van der Waals surface area contributed by atoms with Crippen molar-refractivity contribution < 1.29 is 19.2 Å². The third-order valence-corrected chi connectivity index (χ3v) is 7.06. The summed E-state index contributed by atoms with van der Waals surface area (Å²) in [6.07, 6.45) is 2.28. The maximum absolute atomic E-state index is 13.8. The maximum Gasteiger partial charge on any atom is 0.275 e. The fourth-order valence-electron chi connectivity index (χ4n) is 4.98. The van der Waals surface area contributed by atoms with Crippen LogP contribution in [-0.4, -0.2) is 39.6 Å². The van der Waals surface area contributed by atoms with Gasteiger partial charge in [0.05, 0.1) is 22.4 Å². The highest BCUT2D eigenvalue weighted by Gasteiger charge is 2.54. The highest BCUT2D eigenvalue weighted by atomic mass is 35.5. The Morgan fingerprint density at radius 2 is 1.64 bits per heavy atom. The first kappa shape index (κ1) is 23.2. The first-order chi connectivity index (χ1) is 15.8. The molecule has 6 nitrogen and oxygen atoms in total. The van der Waals surface area contributed by atoms with Crippen LogP contribution in [0, 0.1) is 17.8 Å². The highest BCUT2D eigenvalue weighted by Crippen LogP contribution is 2.42. The van der Waals surface area contributed by atoms with E-state index < -0.39 is 35.6 Å². The summed E-state index contributed by atoms with van der Waals surface area (Å²) in [6.45, 7) is 3.83. The summed E-state index contributed by atoms with van der Waals surface area (Å²) < 4.78 is 0. The van der Waals surface area contributed by atoms with Crippen LogP contribution in [0.4, 0.5) is 0 Å². The van der Waals surface area contributed by atoms with E-state index >= 15 is 0 Å². The number of Topliss-reactive ketones (excluding diaryl/α,β-unsaturated/α-hetero) is 1. The van der Waals surface area contributed by atoms with Crippen molar-refractivity contribution in [3.05, 3.63) is 70.7 Å². The van der Waals surface area contributed by atoms with Crippen LogP contribution in [0.3, 0.4) is 0 Å². The van der Waals surface area contributed by atoms with E-state index in [-0.39, 0.29) is 22.8 Å². The molecule has 0 radical (unpaired) electrons. The third kappa shape index (κ3) is 4.20. The molecule has 7 heteroatoms. The van der Waals surface area contributed by atoms with E-state index in [4.69, 9.17) is 11.6 Å². The molecule has 1 aliphatic carbocycles. The summed E-state index contributed by atoms with van der Waals surface area (Å²) in [6, 6.07) is 14.0. The fourth-order valence-corrected chi connectivity index (χ4v) is 5.20. The van der Waals surface area contributed by atoms with Crippen LogP contribution in [0.15, 0.2) is 54.6 Å². The Morgan fingerprint density at radius 3 is 2.30 bits per heavy atom. The number of carbonyl (C=O) groups excluding carboxylic acids is 4. The smallest absolute Gasteiger partial charge is 0.275 e. The molecule has 2 aliphatic rings. The molecule has 2 fully saturated rings. The van der Waals surface area contributed by atoms with Gasteiger partial charge in [-0.3, -0.25) is 19.2 Å². The molecule has 1 aliphatic heterocycles. The Kier molecular flexibility index (Phi) is 6.66. The second kappa shape index (κ2) is 9.48. The molecule has 0 unspecified atom stereocenters. The van der Waals surface area contributed by atoms with Crippen LogP contribution >= 0.6 is 11.6 Å². The summed E-state index contributed by atoms with van der Waals surface area (Å²) >= 11 is 6.31. The number of imide groups is 1. The number of hydrogen-bond acceptors (Lipinski definition) is 4. The Labute approximate surface area is 198 Å². The standard InChI is InChI=1S/C26H27ClN2O4/c1-3-22(23(30)17-9-5-4-6-10-17)28(25(32)19-11-7-8-12-21(19)27)29-24(31)18-14-13-16(2)15-20(18)26(29)33/h4-12,16,18,20,22H,3,13-15H2,1-2H3/t16-,18+,20+,22+/m0/s1. The number of rotatable bonds is 6. The summed E-state index contributed by atoms with van der Waals surface area (Å²) in [7, 11) is 0. The van der Waals surface area contributed by atoms with Gasteiger partial charge in [0.25, 0.3) is 17.7 Å². The number of halogens is 1. The molecule has 172 valence electrons. The molecule has 0 bridgehead atoms. The number of ketones is 1. The SMILES string of the molecule is CC[C@H](C(=O)c1ccccc1)N(C(=O)c1ccccc1Cl)N1C(=O)[C@@H]2CC[C@H](C)C[C@H]2C1=O. The van der Waals surface area contributed by atoms with Crippen LogP contribution in [0.25, 0.3) is 0 Å². The van der Waals surface area contributed by atoms with E-state index in [0.717, 1.165) is 16.4 Å². The Hall–Kier alpha value is -2.99. The van der Waals surface area contributed by atoms with Gasteiger partial charge in [-0.1, -0.05) is 67.9 Å². The number of amides is 3. The predicted molar refractivity (Wildman–Crippen MR) is 124 cm³/mol. The lowest BCUT2D eigenvalue weighted by Gasteiger charge is -2.36. The largest absolute Gasteiger partial charge is 0.292 e. The molecule has 4 rings (SSSR count). The average Bonchev–Trinajstić information content (AvgIpc) is 3.06. The number of hydrogen-bond donors (Lipinski definition) is 0. The Balaban J connectivity index is 1.80. The minimum atomic E-state index is -1.03. The van der Waals surface area contributed by atoms with Crippen molar-refractivity contribution in [3.63, 3.8) is 0 Å². The van der Waals surface area contributed by atoms with Crippen molar-refractivity contribution in [3.8, 4) is 0 Å². The second-order valence-electron chi connectivity index (χ2n) is 8.90. The van der Waals surface area contributed by atoms with Crippen molar-refractivity contribution >= 4 is 35.1 Å². The normalized spacial score (nSPS) is 23.2. The molecule has 4 atom stereocenters. The molecular formula is C26H27ClN2O4. The predicted octanol–water partition coefficient (Wildman–Crippen LogP) is 4.78. The lowest BCUT2D eigenvalue weighted by Crippen LogP contribution is -2.57. The molecule has 0 spiro atoms. The van der Waals surface area contributed by atoms with E-state index in [9.17, 15) is 19.2 Å². The molecule has 2 aromatic carbocycles. The highest BCUT2D eigenvalue weighted by molar-refractivity contribution is 6.34. The summed E-state index contributed by atoms with van der Waals surface area (Å²) in [5.74, 6) is -2.38.